The standard InChI is InChI=1S/C19H22FNO2/c1-12-15-11-14(20)8-9-17(15)23-18(12)19(22)21-10-4-6-13-5-2-3-7-16(13)21/h8-9,11,13,16H,2-7,10H2,1H3/t13-,16+/m1/s1. The number of rotatable bonds is 1. The summed E-state index contributed by atoms with van der Waals surface area (Å²) in [5, 5.41) is 0.700. The summed E-state index contributed by atoms with van der Waals surface area (Å²) in [6, 6.07) is 4.78. The van der Waals surface area contributed by atoms with Crippen molar-refractivity contribution in [2.75, 3.05) is 6.54 Å². The van der Waals surface area contributed by atoms with Crippen LogP contribution >= 0.6 is 0 Å². The molecule has 2 heterocycles. The molecule has 1 aliphatic carbocycles. The lowest BCUT2D eigenvalue weighted by molar-refractivity contribution is 0.0363. The lowest BCUT2D eigenvalue weighted by atomic mass is 9.78. The molecule has 0 N–H and O–H groups in total. The first kappa shape index (κ1) is 14.7. The predicted octanol–water partition coefficient (Wildman–Crippen LogP) is 4.68. The highest BCUT2D eigenvalue weighted by atomic mass is 19.1. The van der Waals surface area contributed by atoms with Crippen LogP contribution in [-0.2, 0) is 0 Å². The van der Waals surface area contributed by atoms with E-state index in [4.69, 9.17) is 4.42 Å². The van der Waals surface area contributed by atoms with Crippen LogP contribution in [-0.4, -0.2) is 23.4 Å². The molecule has 1 aliphatic heterocycles. The van der Waals surface area contributed by atoms with E-state index in [-0.39, 0.29) is 11.7 Å². The van der Waals surface area contributed by atoms with Crippen LogP contribution in [0.25, 0.3) is 11.0 Å². The maximum atomic E-state index is 13.5. The van der Waals surface area contributed by atoms with E-state index in [2.05, 4.69) is 0 Å². The average Bonchev–Trinajstić information content (AvgIpc) is 2.90. The van der Waals surface area contributed by atoms with Crippen molar-refractivity contribution in [2.45, 2.75) is 51.5 Å². The van der Waals surface area contributed by atoms with Crippen molar-refractivity contribution in [1.82, 2.24) is 4.90 Å². The number of likely N-dealkylation sites (tertiary alicyclic amines) is 1. The first-order chi connectivity index (χ1) is 11.1. The Bertz CT molecular complexity index is 749. The number of hydrogen-bond donors (Lipinski definition) is 0. The van der Waals surface area contributed by atoms with Gasteiger partial charge < -0.3 is 9.32 Å². The molecule has 4 heteroatoms. The lowest BCUT2D eigenvalue weighted by Crippen LogP contribution is -2.49. The number of nitrogens with zero attached hydrogens (tertiary/aromatic N) is 1. The molecule has 1 amide bonds. The Balaban J connectivity index is 1.69. The molecular formula is C19H22FNO2. The number of halogens is 1. The van der Waals surface area contributed by atoms with Crippen molar-refractivity contribution in [3.8, 4) is 0 Å². The minimum absolute atomic E-state index is 0.0179. The highest BCUT2D eigenvalue weighted by Crippen LogP contribution is 2.37. The monoisotopic (exact) mass is 315 g/mol. The van der Waals surface area contributed by atoms with Gasteiger partial charge >= 0.3 is 0 Å². The summed E-state index contributed by atoms with van der Waals surface area (Å²) < 4.78 is 19.3. The summed E-state index contributed by atoms with van der Waals surface area (Å²) in [6.45, 7) is 2.66. The molecule has 0 bridgehead atoms. The molecule has 2 aromatic rings. The second-order valence-corrected chi connectivity index (χ2v) is 6.95. The Morgan fingerprint density at radius 3 is 2.87 bits per heavy atom. The quantitative estimate of drug-likeness (QED) is 0.766. The number of furan rings is 1. The average molecular weight is 315 g/mol. The Kier molecular flexibility index (Phi) is 3.63. The molecule has 1 aromatic carbocycles. The van der Waals surface area contributed by atoms with E-state index in [9.17, 15) is 9.18 Å². The van der Waals surface area contributed by atoms with Crippen LogP contribution in [0.3, 0.4) is 0 Å². The number of benzene rings is 1. The zero-order chi connectivity index (χ0) is 16.0. The van der Waals surface area contributed by atoms with Gasteiger partial charge in [-0.2, -0.15) is 0 Å². The van der Waals surface area contributed by atoms with E-state index in [1.54, 1.807) is 6.07 Å². The van der Waals surface area contributed by atoms with Crippen molar-refractivity contribution >= 4 is 16.9 Å². The summed E-state index contributed by atoms with van der Waals surface area (Å²) in [5.74, 6) is 0.710. The molecule has 3 nitrogen and oxygen atoms in total. The number of amides is 1. The van der Waals surface area contributed by atoms with Crippen LogP contribution in [0.15, 0.2) is 22.6 Å². The van der Waals surface area contributed by atoms with Gasteiger partial charge in [-0.1, -0.05) is 12.8 Å². The van der Waals surface area contributed by atoms with Gasteiger partial charge in [0.25, 0.3) is 5.91 Å². The third kappa shape index (κ3) is 2.44. The molecule has 2 aliphatic rings. The second-order valence-electron chi connectivity index (χ2n) is 6.95. The molecule has 0 unspecified atom stereocenters. The van der Waals surface area contributed by atoms with Crippen molar-refractivity contribution in [1.29, 1.82) is 0 Å². The molecule has 122 valence electrons. The summed E-state index contributed by atoms with van der Waals surface area (Å²) >= 11 is 0. The van der Waals surface area contributed by atoms with Crippen LogP contribution in [0.2, 0.25) is 0 Å². The fourth-order valence-electron chi connectivity index (χ4n) is 4.40. The smallest absolute Gasteiger partial charge is 0.290 e. The summed E-state index contributed by atoms with van der Waals surface area (Å²) in [7, 11) is 0. The van der Waals surface area contributed by atoms with E-state index in [1.165, 1.54) is 37.8 Å². The van der Waals surface area contributed by atoms with Crippen LogP contribution in [0, 0.1) is 18.7 Å². The molecule has 2 fully saturated rings. The first-order valence-electron chi connectivity index (χ1n) is 8.65. The zero-order valence-corrected chi connectivity index (χ0v) is 13.5. The van der Waals surface area contributed by atoms with Crippen LogP contribution in [0.5, 0.6) is 0 Å². The van der Waals surface area contributed by atoms with Gasteiger partial charge in [-0.15, -0.1) is 0 Å². The molecule has 1 aromatic heterocycles. The Morgan fingerprint density at radius 1 is 1.22 bits per heavy atom. The molecule has 23 heavy (non-hydrogen) atoms. The van der Waals surface area contributed by atoms with E-state index >= 15 is 0 Å². The van der Waals surface area contributed by atoms with Gasteiger partial charge in [-0.25, -0.2) is 4.39 Å². The minimum atomic E-state index is -0.300. The SMILES string of the molecule is Cc1c(C(=O)N2CCC[C@H]3CCCC[C@@H]32)oc2ccc(F)cc12. The topological polar surface area (TPSA) is 33.5 Å². The van der Waals surface area contributed by atoms with Gasteiger partial charge in [-0.3, -0.25) is 4.79 Å². The van der Waals surface area contributed by atoms with Crippen molar-refractivity contribution in [2.24, 2.45) is 5.92 Å². The fraction of sp³-hybridized carbons (Fsp3) is 0.526. The third-order valence-electron chi connectivity index (χ3n) is 5.60. The number of piperidine rings is 1. The van der Waals surface area contributed by atoms with Gasteiger partial charge in [-0.05, 0) is 56.7 Å². The number of aryl methyl sites for hydroxylation is 1. The highest BCUT2D eigenvalue weighted by Gasteiger charge is 2.37. The molecule has 1 saturated heterocycles. The Morgan fingerprint density at radius 2 is 2.00 bits per heavy atom. The number of carbonyl (C=O) groups excluding carboxylic acids is 1. The molecule has 4 rings (SSSR count). The number of hydrogen-bond acceptors (Lipinski definition) is 2. The predicted molar refractivity (Wildman–Crippen MR) is 86.9 cm³/mol. The second kappa shape index (κ2) is 5.66. The van der Waals surface area contributed by atoms with Crippen molar-refractivity contribution in [3.05, 3.63) is 35.3 Å². The Hall–Kier alpha value is -1.84. The third-order valence-corrected chi connectivity index (χ3v) is 5.60. The fourth-order valence-corrected chi connectivity index (χ4v) is 4.40. The number of fused-ring (bicyclic) bond motifs is 2. The maximum Gasteiger partial charge on any atom is 0.290 e. The van der Waals surface area contributed by atoms with E-state index in [1.807, 2.05) is 11.8 Å². The number of carbonyl (C=O) groups is 1. The van der Waals surface area contributed by atoms with Gasteiger partial charge in [0.2, 0.25) is 0 Å². The molecular weight excluding hydrogens is 293 g/mol. The van der Waals surface area contributed by atoms with E-state index in [0.29, 0.717) is 28.7 Å². The van der Waals surface area contributed by atoms with E-state index < -0.39 is 0 Å². The zero-order valence-electron chi connectivity index (χ0n) is 13.5. The van der Waals surface area contributed by atoms with Gasteiger partial charge in [0.1, 0.15) is 11.4 Å². The van der Waals surface area contributed by atoms with Crippen LogP contribution in [0.4, 0.5) is 4.39 Å². The molecule has 0 radical (unpaired) electrons. The first-order valence-corrected chi connectivity index (χ1v) is 8.65. The Labute approximate surface area is 135 Å². The van der Waals surface area contributed by atoms with Crippen LogP contribution < -0.4 is 0 Å². The normalized spacial score (nSPS) is 24.7. The highest BCUT2D eigenvalue weighted by molar-refractivity contribution is 5.99. The van der Waals surface area contributed by atoms with Crippen molar-refractivity contribution < 1.29 is 13.6 Å². The van der Waals surface area contributed by atoms with Gasteiger partial charge in [0.05, 0.1) is 0 Å². The summed E-state index contributed by atoms with van der Waals surface area (Å²) in [4.78, 5) is 15.1. The molecule has 0 spiro atoms. The largest absolute Gasteiger partial charge is 0.451 e. The van der Waals surface area contributed by atoms with Crippen molar-refractivity contribution in [3.63, 3.8) is 0 Å². The molecule has 1 saturated carbocycles. The summed E-state index contributed by atoms with van der Waals surface area (Å²) in [6.07, 6.45) is 7.13. The summed E-state index contributed by atoms with van der Waals surface area (Å²) in [5.41, 5.74) is 1.34. The van der Waals surface area contributed by atoms with Crippen LogP contribution in [0.1, 0.15) is 54.6 Å². The minimum Gasteiger partial charge on any atom is -0.451 e. The molecule has 2 atom stereocenters. The van der Waals surface area contributed by atoms with Gasteiger partial charge in [0, 0.05) is 23.5 Å². The van der Waals surface area contributed by atoms with E-state index in [0.717, 1.165) is 24.9 Å². The lowest BCUT2D eigenvalue weighted by Gasteiger charge is -2.43. The van der Waals surface area contributed by atoms with Gasteiger partial charge in [0.15, 0.2) is 5.76 Å². The maximum absolute atomic E-state index is 13.5.